The molecule has 0 bridgehead atoms. The van der Waals surface area contributed by atoms with Crippen molar-refractivity contribution in [3.63, 3.8) is 0 Å². The van der Waals surface area contributed by atoms with Crippen molar-refractivity contribution in [2.75, 3.05) is 0 Å². The van der Waals surface area contributed by atoms with Crippen molar-refractivity contribution in [1.29, 1.82) is 0 Å². The summed E-state index contributed by atoms with van der Waals surface area (Å²) in [5, 5.41) is 30.8. The van der Waals surface area contributed by atoms with Crippen molar-refractivity contribution in [2.24, 2.45) is 11.8 Å². The van der Waals surface area contributed by atoms with Crippen molar-refractivity contribution >= 4 is 11.8 Å². The van der Waals surface area contributed by atoms with Crippen molar-refractivity contribution < 1.29 is 24.9 Å². The summed E-state index contributed by atoms with van der Waals surface area (Å²) in [6.07, 6.45) is 9.02. The average Bonchev–Trinajstić information content (AvgIpc) is 2.94. The number of Topliss-reactive ketones (excluding diaryl/α,β-unsaturated/α-hetero) is 1. The Morgan fingerprint density at radius 2 is 2.00 bits per heavy atom. The van der Waals surface area contributed by atoms with E-state index in [0.29, 0.717) is 25.7 Å². The smallest absolute Gasteiger partial charge is 0.139 e. The fourth-order valence-electron chi connectivity index (χ4n) is 3.56. The number of carboxylic acids is 1. The van der Waals surface area contributed by atoms with E-state index in [-0.39, 0.29) is 30.5 Å². The molecule has 1 aromatic carbocycles. The number of hydrogen-bond donors (Lipinski definition) is 2. The third-order valence-corrected chi connectivity index (χ3v) is 5.17. The second kappa shape index (κ2) is 11.6. The summed E-state index contributed by atoms with van der Waals surface area (Å²) in [5.41, 5.74) is 1.16. The number of carbonyl (C=O) groups excluding carboxylic acids is 2. The molecule has 1 aliphatic carbocycles. The molecule has 1 fully saturated rings. The van der Waals surface area contributed by atoms with Gasteiger partial charge in [-0.05, 0) is 44.1 Å². The molecule has 0 aliphatic heterocycles. The van der Waals surface area contributed by atoms with Crippen LogP contribution in [0.1, 0.15) is 44.1 Å². The highest BCUT2D eigenvalue weighted by atomic mass is 16.4. The lowest BCUT2D eigenvalue weighted by Gasteiger charge is -2.16. The SMILES string of the molecule is O=C([O-])CCC/C=C\CC1C(=O)C[C@@H](O)[C@@H]1/C=C/[C@@H](O)CCc1ccccc1. The Morgan fingerprint density at radius 3 is 2.71 bits per heavy atom. The van der Waals surface area contributed by atoms with E-state index in [4.69, 9.17) is 0 Å². The molecule has 0 saturated heterocycles. The van der Waals surface area contributed by atoms with Gasteiger partial charge in [-0.1, -0.05) is 54.6 Å². The molecule has 2 rings (SSSR count). The highest BCUT2D eigenvalue weighted by Gasteiger charge is 2.39. The first-order valence-corrected chi connectivity index (χ1v) is 9.93. The first-order chi connectivity index (χ1) is 13.5. The highest BCUT2D eigenvalue weighted by molar-refractivity contribution is 5.84. The molecule has 1 aromatic rings. The monoisotopic (exact) mass is 385 g/mol. The van der Waals surface area contributed by atoms with Crippen LogP contribution in [0.5, 0.6) is 0 Å². The summed E-state index contributed by atoms with van der Waals surface area (Å²) in [5.74, 6) is -1.63. The van der Waals surface area contributed by atoms with Gasteiger partial charge in [0.25, 0.3) is 0 Å². The largest absolute Gasteiger partial charge is 0.550 e. The van der Waals surface area contributed by atoms with Crippen molar-refractivity contribution in [3.05, 3.63) is 60.2 Å². The molecule has 1 aliphatic rings. The van der Waals surface area contributed by atoms with Crippen LogP contribution in [0.25, 0.3) is 0 Å². The van der Waals surface area contributed by atoms with Crippen LogP contribution in [0, 0.1) is 11.8 Å². The maximum absolute atomic E-state index is 12.2. The minimum Gasteiger partial charge on any atom is -0.550 e. The van der Waals surface area contributed by atoms with E-state index >= 15 is 0 Å². The Kier molecular flexibility index (Phi) is 9.11. The molecule has 28 heavy (non-hydrogen) atoms. The zero-order valence-corrected chi connectivity index (χ0v) is 16.1. The van der Waals surface area contributed by atoms with Gasteiger partial charge in [0, 0.05) is 24.2 Å². The van der Waals surface area contributed by atoms with E-state index in [1.165, 1.54) is 0 Å². The van der Waals surface area contributed by atoms with Crippen LogP contribution in [-0.4, -0.2) is 34.2 Å². The first kappa shape index (κ1) is 22.1. The van der Waals surface area contributed by atoms with Crippen LogP contribution < -0.4 is 5.11 Å². The number of rotatable bonds is 11. The van der Waals surface area contributed by atoms with Crippen molar-refractivity contribution in [2.45, 2.75) is 57.2 Å². The number of benzene rings is 1. The van der Waals surface area contributed by atoms with Crippen LogP contribution in [0.3, 0.4) is 0 Å². The topological polar surface area (TPSA) is 97.7 Å². The van der Waals surface area contributed by atoms with Crippen molar-refractivity contribution in [3.8, 4) is 0 Å². The summed E-state index contributed by atoms with van der Waals surface area (Å²) < 4.78 is 0. The number of carbonyl (C=O) groups is 2. The van der Waals surface area contributed by atoms with Gasteiger partial charge in [-0.15, -0.1) is 0 Å². The van der Waals surface area contributed by atoms with E-state index in [1.54, 1.807) is 12.2 Å². The molecule has 0 heterocycles. The normalized spacial score (nSPS) is 23.6. The molecule has 5 heteroatoms. The summed E-state index contributed by atoms with van der Waals surface area (Å²) in [4.78, 5) is 22.6. The van der Waals surface area contributed by atoms with Crippen LogP contribution in [0.15, 0.2) is 54.6 Å². The molecule has 0 aromatic heterocycles. The number of ketones is 1. The van der Waals surface area contributed by atoms with Gasteiger partial charge in [0.05, 0.1) is 12.2 Å². The van der Waals surface area contributed by atoms with E-state index in [0.717, 1.165) is 12.0 Å². The Bertz CT molecular complexity index is 679. The summed E-state index contributed by atoms with van der Waals surface area (Å²) in [6.45, 7) is 0. The van der Waals surface area contributed by atoms with Crippen LogP contribution in [0.2, 0.25) is 0 Å². The van der Waals surface area contributed by atoms with Crippen LogP contribution >= 0.6 is 0 Å². The Balaban J connectivity index is 1.82. The first-order valence-electron chi connectivity index (χ1n) is 9.93. The molecular formula is C23H29O5-. The summed E-state index contributed by atoms with van der Waals surface area (Å²) >= 11 is 0. The Labute approximate surface area is 166 Å². The van der Waals surface area contributed by atoms with Gasteiger partial charge in [-0.3, -0.25) is 4.79 Å². The highest BCUT2D eigenvalue weighted by Crippen LogP contribution is 2.33. The van der Waals surface area contributed by atoms with Gasteiger partial charge < -0.3 is 20.1 Å². The standard InChI is InChI=1S/C23H30O5/c24-18(13-12-17-8-4-3-5-9-17)14-15-20-19(21(25)16-22(20)26)10-6-1-2-7-11-23(27)28/h1,3-6,8-9,14-15,18-20,22,24,26H,2,7,10-13,16H2,(H,27,28)/p-1/b6-1-,15-14+/t18-,19?,20+,22+/m0/s1. The van der Waals surface area contributed by atoms with Gasteiger partial charge in [0.15, 0.2) is 0 Å². The molecular weight excluding hydrogens is 356 g/mol. The van der Waals surface area contributed by atoms with E-state index in [1.807, 2.05) is 42.5 Å². The maximum Gasteiger partial charge on any atom is 0.139 e. The predicted molar refractivity (Wildman–Crippen MR) is 105 cm³/mol. The zero-order chi connectivity index (χ0) is 20.4. The molecule has 152 valence electrons. The van der Waals surface area contributed by atoms with E-state index in [2.05, 4.69) is 0 Å². The lowest BCUT2D eigenvalue weighted by atomic mass is 9.90. The number of aliphatic hydroxyl groups excluding tert-OH is 2. The lowest BCUT2D eigenvalue weighted by molar-refractivity contribution is -0.305. The predicted octanol–water partition coefficient (Wildman–Crippen LogP) is 1.97. The molecule has 1 unspecified atom stereocenters. The van der Waals surface area contributed by atoms with Gasteiger partial charge in [0.2, 0.25) is 0 Å². The minimum absolute atomic E-state index is 0.0254. The minimum atomic E-state index is -1.06. The fourth-order valence-corrected chi connectivity index (χ4v) is 3.56. The van der Waals surface area contributed by atoms with Crippen molar-refractivity contribution in [1.82, 2.24) is 0 Å². The number of aliphatic hydroxyl groups is 2. The molecule has 0 spiro atoms. The molecule has 0 radical (unpaired) electrons. The van der Waals surface area contributed by atoms with E-state index < -0.39 is 18.2 Å². The fraction of sp³-hybridized carbons (Fsp3) is 0.478. The maximum atomic E-state index is 12.2. The second-order valence-corrected chi connectivity index (χ2v) is 7.37. The molecule has 5 nitrogen and oxygen atoms in total. The number of unbranched alkanes of at least 4 members (excludes halogenated alkanes) is 1. The molecule has 4 atom stereocenters. The Hall–Kier alpha value is -2.24. The quantitative estimate of drug-likeness (QED) is 0.448. The lowest BCUT2D eigenvalue weighted by Crippen LogP contribution is -2.21. The Morgan fingerprint density at radius 1 is 1.25 bits per heavy atom. The van der Waals surface area contributed by atoms with Gasteiger partial charge in [-0.2, -0.15) is 0 Å². The average molecular weight is 385 g/mol. The third-order valence-electron chi connectivity index (χ3n) is 5.17. The van der Waals surface area contributed by atoms with Gasteiger partial charge in [0.1, 0.15) is 5.78 Å². The van der Waals surface area contributed by atoms with Crippen LogP contribution in [-0.2, 0) is 16.0 Å². The molecule has 1 saturated carbocycles. The zero-order valence-electron chi connectivity index (χ0n) is 16.1. The summed E-state index contributed by atoms with van der Waals surface area (Å²) in [6, 6.07) is 9.93. The number of aryl methyl sites for hydroxylation is 1. The second-order valence-electron chi connectivity index (χ2n) is 7.37. The van der Waals surface area contributed by atoms with Gasteiger partial charge >= 0.3 is 0 Å². The number of aliphatic carboxylic acids is 1. The number of allylic oxidation sites excluding steroid dienone is 2. The summed E-state index contributed by atoms with van der Waals surface area (Å²) in [7, 11) is 0. The van der Waals surface area contributed by atoms with Crippen LogP contribution in [0.4, 0.5) is 0 Å². The van der Waals surface area contributed by atoms with E-state index in [9.17, 15) is 24.9 Å². The van der Waals surface area contributed by atoms with Gasteiger partial charge in [-0.25, -0.2) is 0 Å². The molecule has 0 amide bonds. The number of hydrogen-bond acceptors (Lipinski definition) is 5. The third kappa shape index (κ3) is 7.41. The molecule has 2 N–H and O–H groups in total. The number of carboxylic acid groups (broad SMARTS) is 1.